The Balaban J connectivity index is 1.33. The van der Waals surface area contributed by atoms with Gasteiger partial charge in [-0.05, 0) is 77.2 Å². The fourth-order valence-corrected chi connectivity index (χ4v) is 7.59. The Morgan fingerprint density at radius 2 is 0.922 bits per heavy atom. The minimum Gasteiger partial charge on any atom is -0.309 e. The van der Waals surface area contributed by atoms with Crippen LogP contribution in [0.3, 0.4) is 0 Å². The molecule has 242 valence electrons. The summed E-state index contributed by atoms with van der Waals surface area (Å²) in [6.45, 7) is 2.20. The largest absolute Gasteiger partial charge is 0.309 e. The van der Waals surface area contributed by atoms with Crippen LogP contribution in [0.5, 0.6) is 0 Å². The quantitative estimate of drug-likeness (QED) is 0.166. The third-order valence-corrected chi connectivity index (χ3v) is 9.96. The molecule has 1 aromatic heterocycles. The Kier molecular flexibility index (Phi) is 7.75. The summed E-state index contributed by atoms with van der Waals surface area (Å²) in [5.41, 5.74) is 15.3. The zero-order chi connectivity index (χ0) is 34.1. The number of hydrogen-bond donors (Lipinski definition) is 0. The van der Waals surface area contributed by atoms with E-state index in [1.807, 2.05) is 0 Å². The first-order chi connectivity index (χ1) is 25.3. The number of aryl methyl sites for hydroxylation is 1. The summed E-state index contributed by atoms with van der Waals surface area (Å²) in [4.78, 5) is 2.45. The standard InChI is InChI=1S/C49H36N2/c1-35-17-8-9-22-40(35)42-24-11-14-27-45(42)51-46-28-15-12-25-43(46)49-47(29-16-30-48(49)51)50(39-33-31-37(32-34-39)36-18-4-2-5-19-36)44-26-13-10-23-41(44)38-20-6-3-7-21-38/h2-34H,1H3. The van der Waals surface area contributed by atoms with Gasteiger partial charge in [0, 0.05) is 27.6 Å². The summed E-state index contributed by atoms with van der Waals surface area (Å²) >= 11 is 0. The lowest BCUT2D eigenvalue weighted by molar-refractivity contribution is 1.18. The minimum atomic E-state index is 1.10. The molecular weight excluding hydrogens is 617 g/mol. The molecule has 8 aromatic carbocycles. The number of para-hydroxylation sites is 3. The molecule has 9 aromatic rings. The van der Waals surface area contributed by atoms with E-state index >= 15 is 0 Å². The molecule has 0 N–H and O–H groups in total. The fourth-order valence-electron chi connectivity index (χ4n) is 7.59. The number of nitrogens with zero attached hydrogens (tertiary/aromatic N) is 2. The maximum atomic E-state index is 2.45. The lowest BCUT2D eigenvalue weighted by Gasteiger charge is -2.29. The van der Waals surface area contributed by atoms with Gasteiger partial charge in [-0.2, -0.15) is 0 Å². The second-order valence-corrected chi connectivity index (χ2v) is 13.0. The Bertz CT molecular complexity index is 2630. The molecule has 1 heterocycles. The van der Waals surface area contributed by atoms with E-state index in [1.165, 1.54) is 60.9 Å². The topological polar surface area (TPSA) is 8.17 Å². The van der Waals surface area contributed by atoms with Crippen molar-refractivity contribution in [3.63, 3.8) is 0 Å². The van der Waals surface area contributed by atoms with Crippen molar-refractivity contribution in [2.75, 3.05) is 4.90 Å². The Morgan fingerprint density at radius 3 is 1.69 bits per heavy atom. The van der Waals surface area contributed by atoms with Gasteiger partial charge in [-0.15, -0.1) is 0 Å². The molecule has 0 bridgehead atoms. The summed E-state index contributed by atoms with van der Waals surface area (Å²) in [6, 6.07) is 72.1. The van der Waals surface area contributed by atoms with E-state index in [-0.39, 0.29) is 0 Å². The molecular formula is C49H36N2. The molecule has 0 unspecified atom stereocenters. The van der Waals surface area contributed by atoms with Gasteiger partial charge in [0.15, 0.2) is 0 Å². The van der Waals surface area contributed by atoms with Gasteiger partial charge in [-0.1, -0.05) is 158 Å². The number of hydrogen-bond acceptors (Lipinski definition) is 1. The highest BCUT2D eigenvalue weighted by Gasteiger charge is 2.23. The second kappa shape index (κ2) is 13.0. The van der Waals surface area contributed by atoms with Crippen LogP contribution in [0.15, 0.2) is 200 Å². The fraction of sp³-hybridized carbons (Fsp3) is 0.0204. The summed E-state index contributed by atoms with van der Waals surface area (Å²) in [5.74, 6) is 0. The molecule has 51 heavy (non-hydrogen) atoms. The predicted octanol–water partition coefficient (Wildman–Crippen LogP) is 13.6. The van der Waals surface area contributed by atoms with E-state index in [4.69, 9.17) is 0 Å². The van der Waals surface area contributed by atoms with E-state index < -0.39 is 0 Å². The van der Waals surface area contributed by atoms with E-state index in [2.05, 4.69) is 217 Å². The molecule has 0 saturated heterocycles. The van der Waals surface area contributed by atoms with Crippen molar-refractivity contribution >= 4 is 38.9 Å². The van der Waals surface area contributed by atoms with Crippen molar-refractivity contribution < 1.29 is 0 Å². The van der Waals surface area contributed by atoms with Crippen LogP contribution in [0.4, 0.5) is 17.1 Å². The van der Waals surface area contributed by atoms with Crippen LogP contribution in [0.25, 0.3) is 60.9 Å². The Morgan fingerprint density at radius 1 is 0.373 bits per heavy atom. The number of rotatable bonds is 7. The molecule has 2 heteroatoms. The molecule has 0 fully saturated rings. The Labute approximate surface area is 299 Å². The normalized spacial score (nSPS) is 11.2. The molecule has 0 saturated carbocycles. The summed E-state index contributed by atoms with van der Waals surface area (Å²) < 4.78 is 2.45. The maximum absolute atomic E-state index is 2.45. The molecule has 0 aliphatic carbocycles. The van der Waals surface area contributed by atoms with Crippen molar-refractivity contribution in [1.29, 1.82) is 0 Å². The summed E-state index contributed by atoms with van der Waals surface area (Å²) in [7, 11) is 0. The molecule has 0 amide bonds. The number of benzene rings is 8. The molecule has 0 atom stereocenters. The lowest BCUT2D eigenvalue weighted by atomic mass is 9.99. The average molecular weight is 653 g/mol. The number of fused-ring (bicyclic) bond motifs is 3. The van der Waals surface area contributed by atoms with Gasteiger partial charge in [0.2, 0.25) is 0 Å². The SMILES string of the molecule is Cc1ccccc1-c1ccccc1-n1c2ccccc2c2c(N(c3ccc(-c4ccccc4)cc3)c3ccccc3-c3ccccc3)cccc21. The molecule has 0 aliphatic heterocycles. The average Bonchev–Trinajstić information content (AvgIpc) is 3.54. The molecule has 9 rings (SSSR count). The first-order valence-electron chi connectivity index (χ1n) is 17.5. The summed E-state index contributed by atoms with van der Waals surface area (Å²) in [6.07, 6.45) is 0. The van der Waals surface area contributed by atoms with Crippen LogP contribution in [0.1, 0.15) is 5.56 Å². The van der Waals surface area contributed by atoms with Crippen LogP contribution < -0.4 is 4.90 Å². The molecule has 0 radical (unpaired) electrons. The molecule has 0 aliphatic rings. The first kappa shape index (κ1) is 30.4. The lowest BCUT2D eigenvalue weighted by Crippen LogP contribution is -2.11. The van der Waals surface area contributed by atoms with Gasteiger partial charge in [0.05, 0.1) is 28.1 Å². The van der Waals surface area contributed by atoms with Crippen LogP contribution in [-0.2, 0) is 0 Å². The maximum Gasteiger partial charge on any atom is 0.0562 e. The van der Waals surface area contributed by atoms with Crippen molar-refractivity contribution in [2.45, 2.75) is 6.92 Å². The second-order valence-electron chi connectivity index (χ2n) is 13.0. The monoisotopic (exact) mass is 652 g/mol. The van der Waals surface area contributed by atoms with Gasteiger partial charge in [0.25, 0.3) is 0 Å². The zero-order valence-corrected chi connectivity index (χ0v) is 28.4. The van der Waals surface area contributed by atoms with E-state index in [0.29, 0.717) is 0 Å². The van der Waals surface area contributed by atoms with Crippen molar-refractivity contribution in [3.05, 3.63) is 206 Å². The van der Waals surface area contributed by atoms with Crippen molar-refractivity contribution in [1.82, 2.24) is 4.57 Å². The summed E-state index contributed by atoms with van der Waals surface area (Å²) in [5, 5.41) is 2.42. The van der Waals surface area contributed by atoms with Gasteiger partial charge in [-0.3, -0.25) is 0 Å². The first-order valence-corrected chi connectivity index (χ1v) is 17.5. The Hall–Kier alpha value is -6.64. The van der Waals surface area contributed by atoms with E-state index in [1.54, 1.807) is 0 Å². The van der Waals surface area contributed by atoms with Crippen molar-refractivity contribution in [2.24, 2.45) is 0 Å². The van der Waals surface area contributed by atoms with Gasteiger partial charge >= 0.3 is 0 Å². The predicted molar refractivity (Wildman–Crippen MR) is 217 cm³/mol. The highest BCUT2D eigenvalue weighted by atomic mass is 15.2. The number of anilines is 3. The van der Waals surface area contributed by atoms with Crippen LogP contribution in [0.2, 0.25) is 0 Å². The highest BCUT2D eigenvalue weighted by molar-refractivity contribution is 6.17. The zero-order valence-electron chi connectivity index (χ0n) is 28.4. The van der Waals surface area contributed by atoms with Gasteiger partial charge in [-0.25, -0.2) is 0 Å². The van der Waals surface area contributed by atoms with Gasteiger partial charge < -0.3 is 9.47 Å². The van der Waals surface area contributed by atoms with E-state index in [0.717, 1.165) is 22.6 Å². The minimum absolute atomic E-state index is 1.10. The van der Waals surface area contributed by atoms with E-state index in [9.17, 15) is 0 Å². The highest BCUT2D eigenvalue weighted by Crippen LogP contribution is 2.47. The van der Waals surface area contributed by atoms with Gasteiger partial charge in [0.1, 0.15) is 0 Å². The van der Waals surface area contributed by atoms with Crippen molar-refractivity contribution in [3.8, 4) is 39.1 Å². The van der Waals surface area contributed by atoms with Crippen LogP contribution >= 0.6 is 0 Å². The third kappa shape index (κ3) is 5.39. The number of aromatic nitrogens is 1. The smallest absolute Gasteiger partial charge is 0.0562 e. The van der Waals surface area contributed by atoms with Crippen LogP contribution in [0, 0.1) is 6.92 Å². The molecule has 2 nitrogen and oxygen atoms in total. The van der Waals surface area contributed by atoms with Crippen LogP contribution in [-0.4, -0.2) is 4.57 Å². The molecule has 0 spiro atoms. The third-order valence-electron chi connectivity index (χ3n) is 9.96.